The van der Waals surface area contributed by atoms with Crippen LogP contribution in [0.5, 0.6) is 0 Å². The molecule has 0 fully saturated rings. The zero-order valence-corrected chi connectivity index (χ0v) is 17.2. The summed E-state index contributed by atoms with van der Waals surface area (Å²) in [4.78, 5) is 6.63. The first-order valence-corrected chi connectivity index (χ1v) is 8.86. The third kappa shape index (κ3) is 7.58. The second-order valence-electron chi connectivity index (χ2n) is 4.78. The number of benzene rings is 1. The van der Waals surface area contributed by atoms with Gasteiger partial charge in [0.05, 0.1) is 0 Å². The maximum atomic E-state index is 4.24. The zero-order chi connectivity index (χ0) is 15.5. The number of aliphatic imine (C=N–C) groups is 1. The van der Waals surface area contributed by atoms with Gasteiger partial charge in [0.1, 0.15) is 0 Å². The fourth-order valence-corrected chi connectivity index (χ4v) is 2.47. The van der Waals surface area contributed by atoms with Crippen molar-refractivity contribution in [3.8, 4) is 0 Å². The Hall–Kier alpha value is -0.630. The average Bonchev–Trinajstić information content (AvgIpc) is 2.51. The van der Waals surface area contributed by atoms with Crippen molar-refractivity contribution in [2.75, 3.05) is 50.1 Å². The first kappa shape index (κ1) is 21.4. The van der Waals surface area contributed by atoms with Crippen LogP contribution in [0.2, 0.25) is 0 Å². The molecule has 0 aliphatic carbocycles. The molecule has 0 heterocycles. The number of para-hydroxylation sites is 1. The summed E-state index contributed by atoms with van der Waals surface area (Å²) in [5.41, 5.74) is 2.63. The maximum absolute atomic E-state index is 4.24. The number of nitrogens with zero attached hydrogens (tertiary/aromatic N) is 2. The molecule has 22 heavy (non-hydrogen) atoms. The van der Waals surface area contributed by atoms with E-state index in [1.165, 1.54) is 11.3 Å². The van der Waals surface area contributed by atoms with Gasteiger partial charge in [-0.1, -0.05) is 18.2 Å². The molecule has 2 N–H and O–H groups in total. The van der Waals surface area contributed by atoms with Gasteiger partial charge < -0.3 is 15.5 Å². The number of aryl methyl sites for hydroxylation is 1. The van der Waals surface area contributed by atoms with Crippen molar-refractivity contribution in [3.63, 3.8) is 0 Å². The third-order valence-electron chi connectivity index (χ3n) is 3.33. The van der Waals surface area contributed by atoms with Crippen molar-refractivity contribution in [1.82, 2.24) is 10.6 Å². The average molecular weight is 436 g/mol. The van der Waals surface area contributed by atoms with E-state index in [1.807, 2.05) is 18.8 Å². The van der Waals surface area contributed by atoms with Crippen LogP contribution in [0.4, 0.5) is 5.69 Å². The summed E-state index contributed by atoms with van der Waals surface area (Å²) in [6.45, 7) is 8.14. The van der Waals surface area contributed by atoms with Gasteiger partial charge in [0.15, 0.2) is 5.96 Å². The highest BCUT2D eigenvalue weighted by atomic mass is 127. The van der Waals surface area contributed by atoms with E-state index < -0.39 is 0 Å². The summed E-state index contributed by atoms with van der Waals surface area (Å²) in [5.74, 6) is 1.97. The molecule has 0 bridgehead atoms. The molecule has 0 aliphatic rings. The van der Waals surface area contributed by atoms with Crippen molar-refractivity contribution in [3.05, 3.63) is 29.8 Å². The van der Waals surface area contributed by atoms with Crippen LogP contribution >= 0.6 is 35.7 Å². The molecule has 0 aliphatic heterocycles. The van der Waals surface area contributed by atoms with Crippen LogP contribution in [0, 0.1) is 6.92 Å². The smallest absolute Gasteiger partial charge is 0.191 e. The monoisotopic (exact) mass is 436 g/mol. The lowest BCUT2D eigenvalue weighted by Crippen LogP contribution is -2.42. The Morgan fingerprint density at radius 1 is 1.23 bits per heavy atom. The normalized spacial score (nSPS) is 10.8. The molecular formula is C16H29IN4S. The Bertz CT molecular complexity index is 440. The number of anilines is 1. The number of likely N-dealkylation sites (N-methyl/N-ethyl adjacent to an activating group) is 1. The number of guanidine groups is 1. The second-order valence-corrected chi connectivity index (χ2v) is 5.77. The Morgan fingerprint density at radius 2 is 1.91 bits per heavy atom. The lowest BCUT2D eigenvalue weighted by atomic mass is 10.2. The van der Waals surface area contributed by atoms with Gasteiger partial charge in [-0.15, -0.1) is 24.0 Å². The lowest BCUT2D eigenvalue weighted by molar-refractivity contribution is 0.755. The van der Waals surface area contributed by atoms with E-state index in [2.05, 4.69) is 64.9 Å². The fourth-order valence-electron chi connectivity index (χ4n) is 2.17. The SMILES string of the molecule is CCN(CCNC(=NC)NCCSC)c1ccccc1C.I. The van der Waals surface area contributed by atoms with Crippen LogP contribution < -0.4 is 15.5 Å². The number of hydrogen-bond acceptors (Lipinski definition) is 3. The van der Waals surface area contributed by atoms with Gasteiger partial charge in [-0.25, -0.2) is 0 Å². The van der Waals surface area contributed by atoms with Crippen molar-refractivity contribution in [2.45, 2.75) is 13.8 Å². The van der Waals surface area contributed by atoms with Crippen molar-refractivity contribution >= 4 is 47.4 Å². The van der Waals surface area contributed by atoms with Crippen molar-refractivity contribution in [1.29, 1.82) is 0 Å². The topological polar surface area (TPSA) is 39.7 Å². The Balaban J connectivity index is 0.00000441. The fraction of sp³-hybridized carbons (Fsp3) is 0.562. The largest absolute Gasteiger partial charge is 0.370 e. The van der Waals surface area contributed by atoms with Crippen LogP contribution in [0.3, 0.4) is 0 Å². The molecule has 4 nitrogen and oxygen atoms in total. The van der Waals surface area contributed by atoms with Gasteiger partial charge in [0.2, 0.25) is 0 Å². The minimum absolute atomic E-state index is 0. The van der Waals surface area contributed by atoms with Crippen LogP contribution in [0.1, 0.15) is 12.5 Å². The van der Waals surface area contributed by atoms with Gasteiger partial charge in [0.25, 0.3) is 0 Å². The molecule has 6 heteroatoms. The number of nitrogens with one attached hydrogen (secondary N) is 2. The van der Waals surface area contributed by atoms with Crippen molar-refractivity contribution < 1.29 is 0 Å². The van der Waals surface area contributed by atoms with Gasteiger partial charge in [-0.3, -0.25) is 4.99 Å². The number of halogens is 1. The van der Waals surface area contributed by atoms with E-state index >= 15 is 0 Å². The second kappa shape index (κ2) is 12.9. The minimum Gasteiger partial charge on any atom is -0.370 e. The maximum Gasteiger partial charge on any atom is 0.191 e. The molecule has 0 radical (unpaired) electrons. The van der Waals surface area contributed by atoms with E-state index in [4.69, 9.17) is 0 Å². The molecule has 0 saturated heterocycles. The summed E-state index contributed by atoms with van der Waals surface area (Å²) in [6, 6.07) is 8.53. The number of hydrogen-bond donors (Lipinski definition) is 2. The van der Waals surface area contributed by atoms with Gasteiger partial charge >= 0.3 is 0 Å². The molecule has 126 valence electrons. The molecule has 0 aromatic heterocycles. The molecule has 0 saturated carbocycles. The van der Waals surface area contributed by atoms with Crippen LogP contribution in [0.25, 0.3) is 0 Å². The molecule has 1 rings (SSSR count). The molecule has 1 aromatic rings. The molecular weight excluding hydrogens is 407 g/mol. The van der Waals surface area contributed by atoms with E-state index in [9.17, 15) is 0 Å². The first-order chi connectivity index (χ1) is 10.2. The van der Waals surface area contributed by atoms with Gasteiger partial charge in [-0.2, -0.15) is 11.8 Å². The van der Waals surface area contributed by atoms with Gasteiger partial charge in [-0.05, 0) is 31.7 Å². The predicted octanol–water partition coefficient (Wildman–Crippen LogP) is 2.97. The van der Waals surface area contributed by atoms with E-state index in [1.54, 1.807) is 0 Å². The van der Waals surface area contributed by atoms with Crippen LogP contribution in [-0.2, 0) is 0 Å². The quantitative estimate of drug-likeness (QED) is 0.285. The summed E-state index contributed by atoms with van der Waals surface area (Å²) in [6.07, 6.45) is 2.11. The first-order valence-electron chi connectivity index (χ1n) is 7.47. The Labute approximate surface area is 156 Å². The highest BCUT2D eigenvalue weighted by Crippen LogP contribution is 2.18. The van der Waals surface area contributed by atoms with Gasteiger partial charge in [0, 0.05) is 44.7 Å². The molecule has 0 amide bonds. The highest BCUT2D eigenvalue weighted by Gasteiger charge is 2.06. The van der Waals surface area contributed by atoms with E-state index in [-0.39, 0.29) is 24.0 Å². The standard InChI is InChI=1S/C16H28N4S.HI/c1-5-20(15-9-7-6-8-14(15)2)12-10-18-16(17-3)19-11-13-21-4;/h6-9H,5,10-13H2,1-4H3,(H2,17,18,19);1H. The van der Waals surface area contributed by atoms with E-state index in [0.717, 1.165) is 37.9 Å². The third-order valence-corrected chi connectivity index (χ3v) is 3.95. The van der Waals surface area contributed by atoms with Crippen LogP contribution in [-0.4, -0.2) is 51.2 Å². The Kier molecular flexibility index (Phi) is 12.5. The number of rotatable bonds is 8. The predicted molar refractivity (Wildman–Crippen MR) is 112 cm³/mol. The summed E-state index contributed by atoms with van der Waals surface area (Å²) >= 11 is 1.83. The van der Waals surface area contributed by atoms with Crippen molar-refractivity contribution in [2.24, 2.45) is 4.99 Å². The summed E-state index contributed by atoms with van der Waals surface area (Å²) in [5, 5.41) is 6.68. The minimum atomic E-state index is 0. The molecule has 1 aromatic carbocycles. The highest BCUT2D eigenvalue weighted by molar-refractivity contribution is 14.0. The molecule has 0 atom stereocenters. The molecule has 0 unspecified atom stereocenters. The summed E-state index contributed by atoms with van der Waals surface area (Å²) < 4.78 is 0. The Morgan fingerprint density at radius 3 is 2.50 bits per heavy atom. The van der Waals surface area contributed by atoms with Crippen LogP contribution in [0.15, 0.2) is 29.3 Å². The zero-order valence-electron chi connectivity index (χ0n) is 14.1. The summed E-state index contributed by atoms with van der Waals surface area (Å²) in [7, 11) is 1.81. The lowest BCUT2D eigenvalue weighted by Gasteiger charge is -2.25. The van der Waals surface area contributed by atoms with E-state index in [0.29, 0.717) is 0 Å². The number of thioether (sulfide) groups is 1. The molecule has 0 spiro atoms.